The third-order valence-electron chi connectivity index (χ3n) is 5.48. The fourth-order valence-electron chi connectivity index (χ4n) is 3.89. The zero-order valence-corrected chi connectivity index (χ0v) is 16.2. The summed E-state index contributed by atoms with van der Waals surface area (Å²) in [6.45, 7) is 2.71. The second-order valence-electron chi connectivity index (χ2n) is 7.24. The molecular formula is C21H22ClN3O2. The predicted octanol–water partition coefficient (Wildman–Crippen LogP) is 4.30. The van der Waals surface area contributed by atoms with Crippen molar-refractivity contribution in [1.82, 2.24) is 4.90 Å². The molecule has 0 radical (unpaired) electrons. The van der Waals surface area contributed by atoms with Crippen LogP contribution in [0.5, 0.6) is 0 Å². The number of anilines is 2. The molecule has 0 aromatic heterocycles. The van der Waals surface area contributed by atoms with Crippen LogP contribution in [-0.4, -0.2) is 36.5 Å². The average Bonchev–Trinajstić information content (AvgIpc) is 2.68. The monoisotopic (exact) mass is 383 g/mol. The van der Waals surface area contributed by atoms with Crippen molar-refractivity contribution in [2.45, 2.75) is 32.4 Å². The maximum absolute atomic E-state index is 12.8. The molecule has 6 heteroatoms. The first-order chi connectivity index (χ1) is 13.0. The van der Waals surface area contributed by atoms with Gasteiger partial charge in [-0.25, -0.2) is 0 Å². The molecule has 2 aromatic rings. The number of hydrogen-bond acceptors (Lipinski definition) is 3. The number of fused-ring (bicyclic) bond motifs is 2. The van der Waals surface area contributed by atoms with Gasteiger partial charge >= 0.3 is 0 Å². The number of amides is 2. The van der Waals surface area contributed by atoms with Gasteiger partial charge in [-0.05, 0) is 62.1 Å². The Bertz CT molecular complexity index is 928. The molecule has 2 aliphatic rings. The lowest BCUT2D eigenvalue weighted by atomic mass is 9.97. The molecule has 0 saturated carbocycles. The van der Waals surface area contributed by atoms with Crippen LogP contribution in [0.1, 0.15) is 45.5 Å². The zero-order chi connectivity index (χ0) is 19.1. The van der Waals surface area contributed by atoms with Gasteiger partial charge < -0.3 is 15.1 Å². The van der Waals surface area contributed by atoms with Gasteiger partial charge in [-0.2, -0.15) is 0 Å². The average molecular weight is 384 g/mol. The number of halogens is 1. The topological polar surface area (TPSA) is 52.7 Å². The molecule has 1 N–H and O–H groups in total. The van der Waals surface area contributed by atoms with Crippen LogP contribution in [0.3, 0.4) is 0 Å². The Labute approximate surface area is 163 Å². The third-order valence-corrected chi connectivity index (χ3v) is 5.89. The van der Waals surface area contributed by atoms with Crippen LogP contribution in [0.2, 0.25) is 5.02 Å². The van der Waals surface area contributed by atoms with E-state index in [1.807, 2.05) is 37.1 Å². The van der Waals surface area contributed by atoms with E-state index in [-0.39, 0.29) is 18.0 Å². The number of piperidine rings is 1. The van der Waals surface area contributed by atoms with E-state index in [9.17, 15) is 9.59 Å². The molecule has 1 saturated heterocycles. The number of benzene rings is 2. The largest absolute Gasteiger partial charge is 0.354 e. The number of nitrogens with zero attached hydrogens (tertiary/aromatic N) is 2. The highest BCUT2D eigenvalue weighted by atomic mass is 35.5. The van der Waals surface area contributed by atoms with E-state index in [2.05, 4.69) is 10.2 Å². The summed E-state index contributed by atoms with van der Waals surface area (Å²) in [7, 11) is 2.00. The Morgan fingerprint density at radius 3 is 2.78 bits per heavy atom. The molecule has 0 spiro atoms. The molecule has 2 amide bonds. The van der Waals surface area contributed by atoms with Gasteiger partial charge in [-0.15, -0.1) is 0 Å². The van der Waals surface area contributed by atoms with Crippen LogP contribution in [-0.2, 0) is 0 Å². The fraction of sp³-hybridized carbons (Fsp3) is 0.333. The SMILES string of the molecule is Cc1ccc(NC(=O)c2ccc3c(c2)N(C)[C@H]2CCCCN2C3=O)cc1Cl. The number of hydrogen-bond donors (Lipinski definition) is 1. The predicted molar refractivity (Wildman–Crippen MR) is 108 cm³/mol. The summed E-state index contributed by atoms with van der Waals surface area (Å²) in [5, 5.41) is 3.49. The molecule has 140 valence electrons. The first-order valence-corrected chi connectivity index (χ1v) is 9.59. The van der Waals surface area contributed by atoms with E-state index >= 15 is 0 Å². The van der Waals surface area contributed by atoms with Crippen molar-refractivity contribution in [1.29, 1.82) is 0 Å². The van der Waals surface area contributed by atoms with Crippen LogP contribution in [0.25, 0.3) is 0 Å². The second-order valence-corrected chi connectivity index (χ2v) is 7.64. The number of rotatable bonds is 2. The normalized spacial score (nSPS) is 18.8. The number of aryl methyl sites for hydroxylation is 1. The van der Waals surface area contributed by atoms with Crippen molar-refractivity contribution in [2.24, 2.45) is 0 Å². The molecular weight excluding hydrogens is 362 g/mol. The Morgan fingerprint density at radius 1 is 1.19 bits per heavy atom. The molecule has 2 aliphatic heterocycles. The Hall–Kier alpha value is -2.53. The summed E-state index contributed by atoms with van der Waals surface area (Å²) in [5.74, 6) is -0.158. The van der Waals surface area contributed by atoms with Crippen molar-refractivity contribution < 1.29 is 9.59 Å². The Morgan fingerprint density at radius 2 is 2.00 bits per heavy atom. The van der Waals surface area contributed by atoms with E-state index in [4.69, 9.17) is 11.6 Å². The highest BCUT2D eigenvalue weighted by molar-refractivity contribution is 6.31. The second kappa shape index (κ2) is 6.89. The van der Waals surface area contributed by atoms with Crippen molar-refractivity contribution in [3.63, 3.8) is 0 Å². The van der Waals surface area contributed by atoms with Crippen molar-refractivity contribution >= 4 is 34.8 Å². The van der Waals surface area contributed by atoms with E-state index in [1.165, 1.54) is 0 Å². The third kappa shape index (κ3) is 3.16. The molecule has 0 bridgehead atoms. The lowest BCUT2D eigenvalue weighted by Crippen LogP contribution is -2.55. The maximum atomic E-state index is 12.8. The van der Waals surface area contributed by atoms with E-state index < -0.39 is 0 Å². The van der Waals surface area contributed by atoms with Gasteiger partial charge in [0.05, 0.1) is 11.3 Å². The number of carbonyl (C=O) groups is 2. The van der Waals surface area contributed by atoms with E-state index in [0.717, 1.165) is 37.1 Å². The smallest absolute Gasteiger partial charge is 0.257 e. The molecule has 0 unspecified atom stereocenters. The molecule has 1 fully saturated rings. The summed E-state index contributed by atoms with van der Waals surface area (Å²) < 4.78 is 0. The van der Waals surface area contributed by atoms with Crippen LogP contribution in [0, 0.1) is 6.92 Å². The summed E-state index contributed by atoms with van der Waals surface area (Å²) in [6.07, 6.45) is 3.20. The van der Waals surface area contributed by atoms with E-state index in [0.29, 0.717) is 21.8 Å². The van der Waals surface area contributed by atoms with Gasteiger partial charge in [-0.3, -0.25) is 9.59 Å². The molecule has 1 atom stereocenters. The fourth-order valence-corrected chi connectivity index (χ4v) is 4.07. The Balaban J connectivity index is 1.62. The summed E-state index contributed by atoms with van der Waals surface area (Å²) in [4.78, 5) is 29.6. The first kappa shape index (κ1) is 17.9. The minimum absolute atomic E-state index is 0.0603. The van der Waals surface area contributed by atoms with Crippen LogP contribution >= 0.6 is 11.6 Å². The minimum atomic E-state index is -0.218. The van der Waals surface area contributed by atoms with Gasteiger partial charge in [0.2, 0.25) is 0 Å². The zero-order valence-electron chi connectivity index (χ0n) is 15.5. The van der Waals surface area contributed by atoms with Gasteiger partial charge in [0, 0.05) is 29.9 Å². The number of nitrogens with one attached hydrogen (secondary N) is 1. The van der Waals surface area contributed by atoms with Crippen LogP contribution in [0.15, 0.2) is 36.4 Å². The quantitative estimate of drug-likeness (QED) is 0.841. The highest BCUT2D eigenvalue weighted by Gasteiger charge is 2.37. The van der Waals surface area contributed by atoms with Crippen molar-refractivity contribution in [3.05, 3.63) is 58.1 Å². The van der Waals surface area contributed by atoms with Crippen molar-refractivity contribution in [3.8, 4) is 0 Å². The van der Waals surface area contributed by atoms with Crippen molar-refractivity contribution in [2.75, 3.05) is 23.8 Å². The van der Waals surface area contributed by atoms with Crippen LogP contribution < -0.4 is 10.2 Å². The molecule has 2 aromatic carbocycles. The number of carbonyl (C=O) groups excluding carboxylic acids is 2. The summed E-state index contributed by atoms with van der Waals surface area (Å²) in [5.41, 5.74) is 3.61. The molecule has 2 heterocycles. The van der Waals surface area contributed by atoms with Gasteiger partial charge in [0.1, 0.15) is 6.17 Å². The lowest BCUT2D eigenvalue weighted by Gasteiger charge is -2.46. The summed E-state index contributed by atoms with van der Waals surface area (Å²) in [6, 6.07) is 10.7. The standard InChI is InChI=1S/C21H22ClN3O2/c1-13-6-8-15(12-17(13)22)23-20(26)14-7-9-16-18(11-14)24(2)19-5-3-4-10-25(19)21(16)27/h6-9,11-12,19H,3-5,10H2,1-2H3,(H,23,26)/t19-/m1/s1. The van der Waals surface area contributed by atoms with E-state index in [1.54, 1.807) is 18.2 Å². The van der Waals surface area contributed by atoms with Gasteiger partial charge in [-0.1, -0.05) is 17.7 Å². The molecule has 4 rings (SSSR count). The first-order valence-electron chi connectivity index (χ1n) is 9.21. The lowest BCUT2D eigenvalue weighted by molar-refractivity contribution is 0.0589. The van der Waals surface area contributed by atoms with Gasteiger partial charge in [0.25, 0.3) is 11.8 Å². The molecule has 27 heavy (non-hydrogen) atoms. The van der Waals surface area contributed by atoms with Crippen LogP contribution in [0.4, 0.5) is 11.4 Å². The highest BCUT2D eigenvalue weighted by Crippen LogP contribution is 2.35. The van der Waals surface area contributed by atoms with Gasteiger partial charge in [0.15, 0.2) is 0 Å². The Kier molecular flexibility index (Phi) is 4.56. The molecule has 0 aliphatic carbocycles. The molecule has 5 nitrogen and oxygen atoms in total. The minimum Gasteiger partial charge on any atom is -0.354 e. The maximum Gasteiger partial charge on any atom is 0.257 e. The summed E-state index contributed by atoms with van der Waals surface area (Å²) >= 11 is 6.14.